The highest BCUT2D eigenvalue weighted by atomic mass is 16.5. The maximum absolute atomic E-state index is 11.8. The van der Waals surface area contributed by atoms with E-state index in [9.17, 15) is 9.59 Å². The minimum atomic E-state index is -0.0706. The number of rotatable bonds is 1. The van der Waals surface area contributed by atoms with Crippen molar-refractivity contribution in [3.8, 4) is 0 Å². The quantitative estimate of drug-likeness (QED) is 0.642. The van der Waals surface area contributed by atoms with Crippen molar-refractivity contribution in [3.63, 3.8) is 0 Å². The highest BCUT2D eigenvalue weighted by Crippen LogP contribution is 2.55. The molecule has 0 aromatic heterocycles. The van der Waals surface area contributed by atoms with E-state index < -0.39 is 0 Å². The fraction of sp³-hybridized carbons (Fsp3) is 0.846. The van der Waals surface area contributed by atoms with E-state index in [4.69, 9.17) is 4.74 Å². The Morgan fingerprint density at radius 3 is 2.50 bits per heavy atom. The third kappa shape index (κ3) is 1.66. The van der Waals surface area contributed by atoms with Gasteiger partial charge in [0.15, 0.2) is 0 Å². The third-order valence-electron chi connectivity index (χ3n) is 4.79. The average molecular weight is 224 g/mol. The maximum atomic E-state index is 11.8. The molecular weight excluding hydrogens is 204 g/mol. The van der Waals surface area contributed by atoms with Gasteiger partial charge in [-0.3, -0.25) is 9.59 Å². The van der Waals surface area contributed by atoms with Crippen LogP contribution < -0.4 is 0 Å². The molecule has 0 bridgehead atoms. The van der Waals surface area contributed by atoms with Gasteiger partial charge in [-0.05, 0) is 37.0 Å². The van der Waals surface area contributed by atoms with E-state index >= 15 is 0 Å². The van der Waals surface area contributed by atoms with Crippen molar-refractivity contribution in [2.24, 2.45) is 17.3 Å². The van der Waals surface area contributed by atoms with E-state index in [1.54, 1.807) is 0 Å². The van der Waals surface area contributed by atoms with Crippen LogP contribution in [0.4, 0.5) is 0 Å². The second-order valence-corrected chi connectivity index (χ2v) is 5.33. The Kier molecular flexibility index (Phi) is 3.04. The van der Waals surface area contributed by atoms with Gasteiger partial charge in [0.2, 0.25) is 0 Å². The Morgan fingerprint density at radius 1 is 1.31 bits per heavy atom. The van der Waals surface area contributed by atoms with E-state index in [1.165, 1.54) is 7.11 Å². The summed E-state index contributed by atoms with van der Waals surface area (Å²) in [5, 5.41) is 0. The molecule has 3 heteroatoms. The standard InChI is InChI=1S/C13H20O3/c1-9-3-4-11(12(15)16-2)13(9)7-5-10(14)6-8-13/h9,11H,3-8H2,1-2H3/t9-,11-/m0/s1. The molecule has 0 amide bonds. The summed E-state index contributed by atoms with van der Waals surface area (Å²) in [6.07, 6.45) is 5.09. The minimum absolute atomic E-state index is 0.0283. The zero-order chi connectivity index (χ0) is 11.8. The second kappa shape index (κ2) is 4.19. The number of carbonyl (C=O) groups excluding carboxylic acids is 2. The lowest BCUT2D eigenvalue weighted by Gasteiger charge is -2.40. The molecule has 2 aliphatic rings. The van der Waals surface area contributed by atoms with Crippen LogP contribution in [0.3, 0.4) is 0 Å². The number of esters is 1. The van der Waals surface area contributed by atoms with E-state index in [0.29, 0.717) is 24.5 Å². The van der Waals surface area contributed by atoms with Gasteiger partial charge in [-0.1, -0.05) is 6.92 Å². The Morgan fingerprint density at radius 2 is 1.94 bits per heavy atom. The normalized spacial score (nSPS) is 33.0. The Hall–Kier alpha value is -0.860. The third-order valence-corrected chi connectivity index (χ3v) is 4.79. The van der Waals surface area contributed by atoms with Crippen molar-refractivity contribution in [2.45, 2.75) is 45.4 Å². The predicted molar refractivity (Wildman–Crippen MR) is 59.8 cm³/mol. The summed E-state index contributed by atoms with van der Waals surface area (Å²) in [6.45, 7) is 2.22. The van der Waals surface area contributed by atoms with Crippen molar-refractivity contribution >= 4 is 11.8 Å². The highest BCUT2D eigenvalue weighted by molar-refractivity contribution is 5.80. The molecule has 0 radical (unpaired) electrons. The van der Waals surface area contributed by atoms with Crippen molar-refractivity contribution in [1.82, 2.24) is 0 Å². The molecule has 3 nitrogen and oxygen atoms in total. The fourth-order valence-electron chi connectivity index (χ4n) is 3.67. The van der Waals surface area contributed by atoms with Gasteiger partial charge in [0, 0.05) is 12.8 Å². The van der Waals surface area contributed by atoms with Gasteiger partial charge in [0.05, 0.1) is 13.0 Å². The van der Waals surface area contributed by atoms with Crippen LogP contribution in [0.2, 0.25) is 0 Å². The van der Waals surface area contributed by atoms with E-state index in [1.807, 2.05) is 0 Å². The van der Waals surface area contributed by atoms with Crippen LogP contribution >= 0.6 is 0 Å². The minimum Gasteiger partial charge on any atom is -0.469 e. The van der Waals surface area contributed by atoms with Gasteiger partial charge < -0.3 is 4.74 Å². The van der Waals surface area contributed by atoms with Crippen molar-refractivity contribution in [2.75, 3.05) is 7.11 Å². The molecule has 2 rings (SSSR count). The Labute approximate surface area is 96.5 Å². The summed E-state index contributed by atoms with van der Waals surface area (Å²) >= 11 is 0. The van der Waals surface area contributed by atoms with Gasteiger partial charge in [0.1, 0.15) is 5.78 Å². The fourth-order valence-corrected chi connectivity index (χ4v) is 3.67. The number of ketones is 1. The first kappa shape index (κ1) is 11.6. The van der Waals surface area contributed by atoms with Crippen LogP contribution in [0.5, 0.6) is 0 Å². The monoisotopic (exact) mass is 224 g/mol. The smallest absolute Gasteiger partial charge is 0.309 e. The Bertz CT molecular complexity index is 298. The van der Waals surface area contributed by atoms with Crippen LogP contribution in [-0.4, -0.2) is 18.9 Å². The summed E-state index contributed by atoms with van der Waals surface area (Å²) in [5.41, 5.74) is 0.0566. The molecular formula is C13H20O3. The maximum Gasteiger partial charge on any atom is 0.309 e. The molecule has 2 fully saturated rings. The van der Waals surface area contributed by atoms with E-state index in [-0.39, 0.29) is 17.3 Å². The van der Waals surface area contributed by atoms with Crippen molar-refractivity contribution in [1.29, 1.82) is 0 Å². The van der Waals surface area contributed by atoms with Crippen LogP contribution in [0, 0.1) is 17.3 Å². The van der Waals surface area contributed by atoms with Gasteiger partial charge in [0.25, 0.3) is 0 Å². The largest absolute Gasteiger partial charge is 0.469 e. The second-order valence-electron chi connectivity index (χ2n) is 5.33. The molecule has 0 heterocycles. The van der Waals surface area contributed by atoms with E-state index in [0.717, 1.165) is 25.7 Å². The van der Waals surface area contributed by atoms with Crippen LogP contribution in [-0.2, 0) is 14.3 Å². The SMILES string of the molecule is COC(=O)[C@@H]1CC[C@H](C)C12CCC(=O)CC2. The molecule has 0 aliphatic heterocycles. The summed E-state index contributed by atoms with van der Waals surface area (Å²) < 4.78 is 4.91. The number of hydrogen-bond donors (Lipinski definition) is 0. The lowest BCUT2D eigenvalue weighted by molar-refractivity contribution is -0.152. The lowest BCUT2D eigenvalue weighted by atomic mass is 9.63. The molecule has 2 aliphatic carbocycles. The molecule has 2 atom stereocenters. The number of carbonyl (C=O) groups is 2. The average Bonchev–Trinajstić information content (AvgIpc) is 2.60. The molecule has 0 aromatic carbocycles. The molecule has 0 aromatic rings. The van der Waals surface area contributed by atoms with Gasteiger partial charge in [-0.2, -0.15) is 0 Å². The van der Waals surface area contributed by atoms with Crippen LogP contribution in [0.25, 0.3) is 0 Å². The number of ether oxygens (including phenoxy) is 1. The first-order valence-electron chi connectivity index (χ1n) is 6.19. The summed E-state index contributed by atoms with van der Waals surface area (Å²) in [4.78, 5) is 23.1. The lowest BCUT2D eigenvalue weighted by Crippen LogP contribution is -2.39. The first-order valence-corrected chi connectivity index (χ1v) is 6.19. The zero-order valence-corrected chi connectivity index (χ0v) is 10.1. The van der Waals surface area contributed by atoms with Gasteiger partial charge in [-0.15, -0.1) is 0 Å². The number of Topliss-reactive ketones (excluding diaryl/α,β-unsaturated/α-hetero) is 1. The van der Waals surface area contributed by atoms with Gasteiger partial charge >= 0.3 is 5.97 Å². The molecule has 2 saturated carbocycles. The molecule has 0 saturated heterocycles. The summed E-state index contributed by atoms with van der Waals surface area (Å²) in [5.74, 6) is 0.859. The first-order chi connectivity index (χ1) is 7.60. The van der Waals surface area contributed by atoms with Crippen molar-refractivity contribution in [3.05, 3.63) is 0 Å². The summed E-state index contributed by atoms with van der Waals surface area (Å²) in [7, 11) is 1.47. The Balaban J connectivity index is 2.20. The van der Waals surface area contributed by atoms with Gasteiger partial charge in [-0.25, -0.2) is 0 Å². The number of hydrogen-bond acceptors (Lipinski definition) is 3. The van der Waals surface area contributed by atoms with E-state index in [2.05, 4.69) is 6.92 Å². The number of methoxy groups -OCH3 is 1. The summed E-state index contributed by atoms with van der Waals surface area (Å²) in [6, 6.07) is 0. The molecule has 0 N–H and O–H groups in total. The zero-order valence-electron chi connectivity index (χ0n) is 10.1. The van der Waals surface area contributed by atoms with Crippen molar-refractivity contribution < 1.29 is 14.3 Å². The molecule has 90 valence electrons. The highest BCUT2D eigenvalue weighted by Gasteiger charge is 2.52. The van der Waals surface area contributed by atoms with Crippen LogP contribution in [0.1, 0.15) is 45.4 Å². The van der Waals surface area contributed by atoms with Crippen LogP contribution in [0.15, 0.2) is 0 Å². The topological polar surface area (TPSA) is 43.4 Å². The molecule has 16 heavy (non-hydrogen) atoms. The molecule has 0 unspecified atom stereocenters. The molecule has 1 spiro atoms. The predicted octanol–water partition coefficient (Wildman–Crippen LogP) is 2.33.